The van der Waals surface area contributed by atoms with Crippen LogP contribution in [0.3, 0.4) is 0 Å². The molecule has 0 radical (unpaired) electrons. The molecule has 116 valence electrons. The lowest BCUT2D eigenvalue weighted by molar-refractivity contribution is -0.116. The van der Waals surface area contributed by atoms with Crippen LogP contribution in [0.5, 0.6) is 0 Å². The normalized spacial score (nSPS) is 16.8. The number of benzene rings is 1. The molecule has 1 amide bonds. The highest BCUT2D eigenvalue weighted by molar-refractivity contribution is 5.91. The third kappa shape index (κ3) is 5.36. The number of amides is 1. The van der Waals surface area contributed by atoms with Crippen LogP contribution in [0, 0.1) is 5.92 Å². The Morgan fingerprint density at radius 3 is 2.86 bits per heavy atom. The summed E-state index contributed by atoms with van der Waals surface area (Å²) in [6.45, 7) is 3.77. The highest BCUT2D eigenvalue weighted by Crippen LogP contribution is 2.17. The zero-order valence-corrected chi connectivity index (χ0v) is 12.7. The maximum absolute atomic E-state index is 11.9. The molecule has 1 aromatic rings. The monoisotopic (exact) mass is 291 g/mol. The van der Waals surface area contributed by atoms with Gasteiger partial charge in [-0.2, -0.15) is 0 Å². The number of nitrogen functional groups attached to an aromatic ring is 1. The lowest BCUT2D eigenvalue weighted by atomic mass is 9.98. The summed E-state index contributed by atoms with van der Waals surface area (Å²) in [7, 11) is 1.76. The molecule has 5 nitrogen and oxygen atoms in total. The van der Waals surface area contributed by atoms with Gasteiger partial charge in [-0.1, -0.05) is 6.07 Å². The van der Waals surface area contributed by atoms with Crippen LogP contribution in [0.15, 0.2) is 24.3 Å². The Morgan fingerprint density at radius 2 is 2.19 bits per heavy atom. The van der Waals surface area contributed by atoms with Crippen molar-refractivity contribution in [3.63, 3.8) is 0 Å². The van der Waals surface area contributed by atoms with Crippen molar-refractivity contribution in [1.82, 2.24) is 4.90 Å². The van der Waals surface area contributed by atoms with Gasteiger partial charge in [-0.25, -0.2) is 0 Å². The van der Waals surface area contributed by atoms with E-state index in [9.17, 15) is 4.79 Å². The predicted molar refractivity (Wildman–Crippen MR) is 85.1 cm³/mol. The number of nitrogens with one attached hydrogen (secondary N) is 1. The van der Waals surface area contributed by atoms with Gasteiger partial charge in [0.2, 0.25) is 5.91 Å². The number of carbonyl (C=O) groups is 1. The van der Waals surface area contributed by atoms with Gasteiger partial charge in [0.05, 0.1) is 0 Å². The molecule has 0 aliphatic carbocycles. The van der Waals surface area contributed by atoms with Gasteiger partial charge in [-0.15, -0.1) is 0 Å². The van der Waals surface area contributed by atoms with E-state index in [1.807, 2.05) is 12.1 Å². The van der Waals surface area contributed by atoms with E-state index in [1.54, 1.807) is 19.2 Å². The Balaban J connectivity index is 1.68. The van der Waals surface area contributed by atoms with Crippen LogP contribution >= 0.6 is 0 Å². The van der Waals surface area contributed by atoms with Crippen LogP contribution < -0.4 is 11.1 Å². The lowest BCUT2D eigenvalue weighted by Crippen LogP contribution is -2.36. The van der Waals surface area contributed by atoms with E-state index < -0.39 is 0 Å². The Labute approximate surface area is 126 Å². The van der Waals surface area contributed by atoms with E-state index in [0.717, 1.165) is 44.8 Å². The Hall–Kier alpha value is -1.59. The molecule has 0 saturated carbocycles. The molecule has 2 rings (SSSR count). The highest BCUT2D eigenvalue weighted by Gasteiger charge is 2.19. The second-order valence-electron chi connectivity index (χ2n) is 5.66. The SMILES string of the molecule is COCC1CCN(CCC(=O)Nc2cccc(N)c2)CC1. The van der Waals surface area contributed by atoms with Gasteiger partial charge in [-0.3, -0.25) is 4.79 Å². The maximum atomic E-state index is 11.9. The lowest BCUT2D eigenvalue weighted by Gasteiger charge is -2.31. The zero-order chi connectivity index (χ0) is 15.1. The van der Waals surface area contributed by atoms with Crippen molar-refractivity contribution in [3.8, 4) is 0 Å². The van der Waals surface area contributed by atoms with E-state index in [0.29, 0.717) is 18.0 Å². The summed E-state index contributed by atoms with van der Waals surface area (Å²) < 4.78 is 5.20. The summed E-state index contributed by atoms with van der Waals surface area (Å²) in [4.78, 5) is 14.3. The van der Waals surface area contributed by atoms with E-state index >= 15 is 0 Å². The van der Waals surface area contributed by atoms with Gasteiger partial charge in [0.15, 0.2) is 0 Å². The van der Waals surface area contributed by atoms with E-state index in [4.69, 9.17) is 10.5 Å². The number of nitrogens with zero attached hydrogens (tertiary/aromatic N) is 1. The minimum Gasteiger partial charge on any atom is -0.399 e. The van der Waals surface area contributed by atoms with E-state index in [-0.39, 0.29) is 5.91 Å². The fraction of sp³-hybridized carbons (Fsp3) is 0.562. The number of nitrogens with two attached hydrogens (primary N) is 1. The molecule has 1 aliphatic rings. The van der Waals surface area contributed by atoms with Gasteiger partial charge in [0.1, 0.15) is 0 Å². The molecule has 0 atom stereocenters. The topological polar surface area (TPSA) is 67.6 Å². The number of rotatable bonds is 6. The van der Waals surface area contributed by atoms with E-state index in [1.165, 1.54) is 0 Å². The zero-order valence-electron chi connectivity index (χ0n) is 12.7. The Kier molecular flexibility index (Phi) is 6.02. The number of hydrogen-bond acceptors (Lipinski definition) is 4. The molecule has 0 spiro atoms. The smallest absolute Gasteiger partial charge is 0.225 e. The molecule has 0 bridgehead atoms. The Bertz CT molecular complexity index is 457. The average molecular weight is 291 g/mol. The number of likely N-dealkylation sites (tertiary alicyclic amines) is 1. The van der Waals surface area contributed by atoms with Crippen LogP contribution in [0.4, 0.5) is 11.4 Å². The first-order valence-corrected chi connectivity index (χ1v) is 7.54. The van der Waals surface area contributed by atoms with Crippen molar-refractivity contribution in [3.05, 3.63) is 24.3 Å². The molecule has 1 saturated heterocycles. The number of anilines is 2. The number of ether oxygens (including phenoxy) is 1. The fourth-order valence-corrected chi connectivity index (χ4v) is 2.71. The highest BCUT2D eigenvalue weighted by atomic mass is 16.5. The van der Waals surface area contributed by atoms with Crippen LogP contribution in [0.2, 0.25) is 0 Å². The molecule has 1 fully saturated rings. The van der Waals surface area contributed by atoms with Gasteiger partial charge in [0.25, 0.3) is 0 Å². The second-order valence-corrected chi connectivity index (χ2v) is 5.66. The van der Waals surface area contributed by atoms with Crippen molar-refractivity contribution in [2.24, 2.45) is 5.92 Å². The van der Waals surface area contributed by atoms with Crippen molar-refractivity contribution in [1.29, 1.82) is 0 Å². The minimum atomic E-state index is 0.0413. The maximum Gasteiger partial charge on any atom is 0.225 e. The molecular formula is C16H25N3O2. The summed E-state index contributed by atoms with van der Waals surface area (Å²) in [5, 5.41) is 2.89. The van der Waals surface area contributed by atoms with Gasteiger partial charge in [-0.05, 0) is 50.0 Å². The number of carbonyl (C=O) groups excluding carboxylic acids is 1. The van der Waals surface area contributed by atoms with Crippen LogP contribution in [-0.2, 0) is 9.53 Å². The van der Waals surface area contributed by atoms with Gasteiger partial charge < -0.3 is 20.7 Å². The molecule has 3 N–H and O–H groups in total. The summed E-state index contributed by atoms with van der Waals surface area (Å²) >= 11 is 0. The molecule has 21 heavy (non-hydrogen) atoms. The number of piperidine rings is 1. The van der Waals surface area contributed by atoms with Crippen molar-refractivity contribution in [2.45, 2.75) is 19.3 Å². The summed E-state index contributed by atoms with van der Waals surface area (Å²) in [5.41, 5.74) is 7.12. The Morgan fingerprint density at radius 1 is 1.43 bits per heavy atom. The summed E-state index contributed by atoms with van der Waals surface area (Å²) in [6.07, 6.45) is 2.83. The van der Waals surface area contributed by atoms with Crippen LogP contribution in [-0.4, -0.2) is 44.2 Å². The van der Waals surface area contributed by atoms with Crippen LogP contribution in [0.25, 0.3) is 0 Å². The van der Waals surface area contributed by atoms with Gasteiger partial charge >= 0.3 is 0 Å². The molecule has 1 aliphatic heterocycles. The molecule has 0 aromatic heterocycles. The first kappa shape index (κ1) is 15.8. The predicted octanol–water partition coefficient (Wildman–Crippen LogP) is 1.96. The number of hydrogen-bond donors (Lipinski definition) is 2. The van der Waals surface area contributed by atoms with Gasteiger partial charge in [0, 0.05) is 38.1 Å². The van der Waals surface area contributed by atoms with Crippen molar-refractivity contribution < 1.29 is 9.53 Å². The largest absolute Gasteiger partial charge is 0.399 e. The standard InChI is InChI=1S/C16H25N3O2/c1-21-12-13-5-8-19(9-6-13)10-7-16(20)18-15-4-2-3-14(17)11-15/h2-4,11,13H,5-10,12,17H2,1H3,(H,18,20). The average Bonchev–Trinajstić information content (AvgIpc) is 2.47. The summed E-state index contributed by atoms with van der Waals surface area (Å²) in [6, 6.07) is 7.27. The minimum absolute atomic E-state index is 0.0413. The first-order valence-electron chi connectivity index (χ1n) is 7.54. The van der Waals surface area contributed by atoms with Crippen LogP contribution in [0.1, 0.15) is 19.3 Å². The quantitative estimate of drug-likeness (QED) is 0.786. The second kappa shape index (κ2) is 8.00. The van der Waals surface area contributed by atoms with Crippen molar-refractivity contribution >= 4 is 17.3 Å². The fourth-order valence-electron chi connectivity index (χ4n) is 2.71. The molecular weight excluding hydrogens is 266 g/mol. The summed E-state index contributed by atoms with van der Waals surface area (Å²) in [5.74, 6) is 0.715. The third-order valence-corrected chi connectivity index (χ3v) is 3.93. The molecule has 1 heterocycles. The third-order valence-electron chi connectivity index (χ3n) is 3.93. The van der Waals surface area contributed by atoms with Crippen molar-refractivity contribution in [2.75, 3.05) is 44.4 Å². The molecule has 5 heteroatoms. The van der Waals surface area contributed by atoms with E-state index in [2.05, 4.69) is 10.2 Å². The molecule has 0 unspecified atom stereocenters. The first-order chi connectivity index (χ1) is 10.2. The molecule has 1 aromatic carbocycles. The number of methoxy groups -OCH3 is 1.